The largest absolute Gasteiger partial charge is 0.497 e. The molecule has 0 unspecified atom stereocenters. The number of ether oxygens (including phenoxy) is 3. The van der Waals surface area contributed by atoms with Crippen LogP contribution in [0, 0.1) is 0 Å². The van der Waals surface area contributed by atoms with Crippen LogP contribution in [0.1, 0.15) is 22.3 Å². The molecular formula is C28H24Cl2O3. The van der Waals surface area contributed by atoms with Crippen molar-refractivity contribution in [1.82, 2.24) is 0 Å². The first-order chi connectivity index (χ1) is 16.0. The fourth-order valence-electron chi connectivity index (χ4n) is 3.60. The van der Waals surface area contributed by atoms with E-state index in [1.54, 1.807) is 14.2 Å². The van der Waals surface area contributed by atoms with Gasteiger partial charge in [-0.3, -0.25) is 0 Å². The van der Waals surface area contributed by atoms with Gasteiger partial charge in [0.05, 0.1) is 14.2 Å². The Balaban J connectivity index is 1.67. The first-order valence-corrected chi connectivity index (χ1v) is 11.3. The van der Waals surface area contributed by atoms with Gasteiger partial charge in [0.1, 0.15) is 23.0 Å². The fraction of sp³-hybridized carbons (Fsp3) is 0.143. The lowest BCUT2D eigenvalue weighted by Crippen LogP contribution is -1.99. The Labute approximate surface area is 204 Å². The molecule has 0 aromatic heterocycles. The third kappa shape index (κ3) is 6.01. The van der Waals surface area contributed by atoms with E-state index in [1.807, 2.05) is 84.9 Å². The molecule has 0 amide bonds. The predicted molar refractivity (Wildman–Crippen MR) is 135 cm³/mol. The van der Waals surface area contributed by atoms with Crippen molar-refractivity contribution in [3.8, 4) is 23.0 Å². The molecule has 0 atom stereocenters. The zero-order chi connectivity index (χ0) is 23.2. The van der Waals surface area contributed by atoms with Gasteiger partial charge in [-0.1, -0.05) is 47.5 Å². The van der Waals surface area contributed by atoms with Crippen LogP contribution in [0.2, 0.25) is 10.0 Å². The number of hydrogen-bond acceptors (Lipinski definition) is 3. The molecule has 0 aliphatic rings. The van der Waals surface area contributed by atoms with Crippen LogP contribution in [0.3, 0.4) is 0 Å². The molecular weight excluding hydrogens is 455 g/mol. The minimum atomic E-state index is 0.687. The second kappa shape index (κ2) is 10.7. The fourth-order valence-corrected chi connectivity index (χ4v) is 3.86. The maximum absolute atomic E-state index is 6.47. The Morgan fingerprint density at radius 1 is 0.545 bits per heavy atom. The summed E-state index contributed by atoms with van der Waals surface area (Å²) in [7, 11) is 3.32. The normalized spacial score (nSPS) is 10.7. The highest BCUT2D eigenvalue weighted by atomic mass is 35.5. The predicted octanol–water partition coefficient (Wildman–Crippen LogP) is 7.98. The van der Waals surface area contributed by atoms with E-state index in [9.17, 15) is 0 Å². The van der Waals surface area contributed by atoms with Gasteiger partial charge in [0.2, 0.25) is 0 Å². The third-order valence-electron chi connectivity index (χ3n) is 5.37. The maximum atomic E-state index is 6.47. The van der Waals surface area contributed by atoms with E-state index in [2.05, 4.69) is 0 Å². The summed E-state index contributed by atoms with van der Waals surface area (Å²) < 4.78 is 17.4. The molecule has 0 N–H and O–H groups in total. The van der Waals surface area contributed by atoms with Gasteiger partial charge < -0.3 is 14.2 Å². The minimum Gasteiger partial charge on any atom is -0.497 e. The van der Waals surface area contributed by atoms with Gasteiger partial charge in [0.15, 0.2) is 0 Å². The summed E-state index contributed by atoms with van der Waals surface area (Å²) in [4.78, 5) is 0. The van der Waals surface area contributed by atoms with E-state index in [4.69, 9.17) is 37.4 Å². The van der Waals surface area contributed by atoms with Gasteiger partial charge >= 0.3 is 0 Å². The summed E-state index contributed by atoms with van der Waals surface area (Å²) in [5.74, 6) is 3.10. The highest BCUT2D eigenvalue weighted by molar-refractivity contribution is 6.30. The number of methoxy groups -OCH3 is 2. The lowest BCUT2D eigenvalue weighted by molar-refractivity contribution is 0.409. The SMILES string of the molecule is COc1ccc(Oc2ccc(OC)cc2Cc2ccc(Cl)cc2)c(Cc2ccc(Cl)cc2)c1. The summed E-state index contributed by atoms with van der Waals surface area (Å²) in [6.07, 6.45) is 1.37. The lowest BCUT2D eigenvalue weighted by Gasteiger charge is -2.16. The monoisotopic (exact) mass is 478 g/mol. The van der Waals surface area contributed by atoms with Crippen molar-refractivity contribution in [3.63, 3.8) is 0 Å². The van der Waals surface area contributed by atoms with Crippen LogP contribution < -0.4 is 14.2 Å². The average Bonchev–Trinajstić information content (AvgIpc) is 2.84. The zero-order valence-electron chi connectivity index (χ0n) is 18.5. The summed E-state index contributed by atoms with van der Waals surface area (Å²) in [5.41, 5.74) is 4.30. The smallest absolute Gasteiger partial charge is 0.131 e. The first-order valence-electron chi connectivity index (χ1n) is 10.5. The molecule has 0 aliphatic heterocycles. The average molecular weight is 479 g/mol. The molecule has 0 heterocycles. The molecule has 33 heavy (non-hydrogen) atoms. The Hall–Kier alpha value is -3.14. The van der Waals surface area contributed by atoms with Crippen LogP contribution in [-0.2, 0) is 12.8 Å². The summed E-state index contributed by atoms with van der Waals surface area (Å²) in [6, 6.07) is 27.4. The van der Waals surface area contributed by atoms with Crippen molar-refractivity contribution >= 4 is 23.2 Å². The Morgan fingerprint density at radius 2 is 0.939 bits per heavy atom. The molecule has 5 heteroatoms. The van der Waals surface area contributed by atoms with Crippen LogP contribution in [0.4, 0.5) is 0 Å². The summed E-state index contributed by atoms with van der Waals surface area (Å²) >= 11 is 12.1. The van der Waals surface area contributed by atoms with Gasteiger partial charge in [-0.25, -0.2) is 0 Å². The van der Waals surface area contributed by atoms with Crippen LogP contribution in [-0.4, -0.2) is 14.2 Å². The summed E-state index contributed by atoms with van der Waals surface area (Å²) in [5, 5.41) is 1.43. The van der Waals surface area contributed by atoms with E-state index in [0.29, 0.717) is 22.9 Å². The molecule has 0 radical (unpaired) electrons. The van der Waals surface area contributed by atoms with Crippen LogP contribution in [0.5, 0.6) is 23.0 Å². The van der Waals surface area contributed by atoms with Crippen LogP contribution in [0.15, 0.2) is 84.9 Å². The number of rotatable bonds is 8. The van der Waals surface area contributed by atoms with Gasteiger partial charge in [-0.2, -0.15) is 0 Å². The van der Waals surface area contributed by atoms with Crippen molar-refractivity contribution in [2.45, 2.75) is 12.8 Å². The number of hydrogen-bond donors (Lipinski definition) is 0. The minimum absolute atomic E-state index is 0.687. The molecule has 168 valence electrons. The van der Waals surface area contributed by atoms with Crippen LogP contribution in [0.25, 0.3) is 0 Å². The van der Waals surface area contributed by atoms with Gasteiger partial charge in [0.25, 0.3) is 0 Å². The number of benzene rings is 4. The van der Waals surface area contributed by atoms with E-state index >= 15 is 0 Å². The third-order valence-corrected chi connectivity index (χ3v) is 5.87. The van der Waals surface area contributed by atoms with E-state index in [-0.39, 0.29) is 0 Å². The second-order valence-corrected chi connectivity index (χ2v) is 8.53. The van der Waals surface area contributed by atoms with E-state index < -0.39 is 0 Å². The van der Waals surface area contributed by atoms with Crippen molar-refractivity contribution in [2.24, 2.45) is 0 Å². The summed E-state index contributed by atoms with van der Waals surface area (Å²) in [6.45, 7) is 0. The van der Waals surface area contributed by atoms with E-state index in [1.165, 1.54) is 0 Å². The quantitative estimate of drug-likeness (QED) is 0.256. The van der Waals surface area contributed by atoms with Crippen LogP contribution >= 0.6 is 23.2 Å². The highest BCUT2D eigenvalue weighted by Crippen LogP contribution is 2.35. The second-order valence-electron chi connectivity index (χ2n) is 7.66. The molecule has 0 spiro atoms. The Bertz CT molecular complexity index is 1120. The molecule has 4 aromatic rings. The van der Waals surface area contributed by atoms with E-state index in [0.717, 1.165) is 45.3 Å². The molecule has 0 saturated heterocycles. The standard InChI is InChI=1S/C28H24Cl2O3/c1-31-25-11-13-27(21(17-25)15-19-3-7-23(29)8-4-19)33-28-14-12-26(32-2)18-22(28)16-20-5-9-24(30)10-6-20/h3-14,17-18H,15-16H2,1-2H3. The molecule has 4 rings (SSSR count). The molecule has 0 fully saturated rings. The van der Waals surface area contributed by atoms with Crippen molar-refractivity contribution in [2.75, 3.05) is 14.2 Å². The van der Waals surface area contributed by atoms with Crippen molar-refractivity contribution in [3.05, 3.63) is 117 Å². The topological polar surface area (TPSA) is 27.7 Å². The maximum Gasteiger partial charge on any atom is 0.131 e. The zero-order valence-corrected chi connectivity index (χ0v) is 20.0. The van der Waals surface area contributed by atoms with Gasteiger partial charge in [-0.15, -0.1) is 0 Å². The molecule has 0 bridgehead atoms. The van der Waals surface area contributed by atoms with Gasteiger partial charge in [0, 0.05) is 34.0 Å². The van der Waals surface area contributed by atoms with Gasteiger partial charge in [-0.05, 0) is 71.8 Å². The van der Waals surface area contributed by atoms with Crippen molar-refractivity contribution in [1.29, 1.82) is 0 Å². The highest BCUT2D eigenvalue weighted by Gasteiger charge is 2.13. The molecule has 0 aliphatic carbocycles. The Kier molecular flexibility index (Phi) is 7.43. The number of halogens is 2. The molecule has 3 nitrogen and oxygen atoms in total. The first kappa shape index (κ1) is 23.0. The lowest BCUT2D eigenvalue weighted by atomic mass is 10.0. The van der Waals surface area contributed by atoms with Crippen molar-refractivity contribution < 1.29 is 14.2 Å². The molecule has 0 saturated carbocycles. The Morgan fingerprint density at radius 3 is 1.30 bits per heavy atom. The molecule has 4 aromatic carbocycles.